The number of hydrogen-bond acceptors (Lipinski definition) is 6. The first-order valence-corrected chi connectivity index (χ1v) is 10.8. The first kappa shape index (κ1) is 19.7. The summed E-state index contributed by atoms with van der Waals surface area (Å²) in [6.07, 6.45) is 3.83. The van der Waals surface area contributed by atoms with E-state index in [1.54, 1.807) is 30.5 Å². The third kappa shape index (κ3) is 5.07. The standard InChI is InChI=1S/C19H18BrN5O3S/c20-14-7-5-13(6-8-14)18(27)23-21-16(26)11-29-19-24-22-17(12-3-4-12)25(19)10-15-2-1-9-28-15/h1-2,5-9,12H,3-4,10-11H2,(H,21,26)(H,23,27). The maximum absolute atomic E-state index is 12.2. The van der Waals surface area contributed by atoms with E-state index in [9.17, 15) is 9.59 Å². The molecule has 0 spiro atoms. The highest BCUT2D eigenvalue weighted by atomic mass is 79.9. The average Bonchev–Trinajstić information content (AvgIpc) is 3.29. The molecule has 150 valence electrons. The van der Waals surface area contributed by atoms with Crippen LogP contribution in [-0.2, 0) is 11.3 Å². The molecular formula is C19H18BrN5O3S. The Labute approximate surface area is 179 Å². The van der Waals surface area contributed by atoms with Crippen molar-refractivity contribution in [3.05, 3.63) is 64.3 Å². The van der Waals surface area contributed by atoms with E-state index in [-0.39, 0.29) is 17.6 Å². The molecule has 0 atom stereocenters. The normalized spacial score (nSPS) is 13.3. The monoisotopic (exact) mass is 475 g/mol. The molecule has 0 bridgehead atoms. The van der Waals surface area contributed by atoms with E-state index >= 15 is 0 Å². The SMILES string of the molecule is O=C(CSc1nnc(C2CC2)n1Cc1ccco1)NNC(=O)c1ccc(Br)cc1. The number of hydrogen-bond donors (Lipinski definition) is 2. The molecule has 1 saturated carbocycles. The Morgan fingerprint density at radius 2 is 1.97 bits per heavy atom. The molecule has 2 heterocycles. The third-order valence-electron chi connectivity index (χ3n) is 4.34. The van der Waals surface area contributed by atoms with Crippen LogP contribution in [0.5, 0.6) is 0 Å². The van der Waals surface area contributed by atoms with Crippen LogP contribution in [0.1, 0.15) is 40.7 Å². The number of halogens is 1. The summed E-state index contributed by atoms with van der Waals surface area (Å²) in [6, 6.07) is 10.6. The lowest BCUT2D eigenvalue weighted by Gasteiger charge is -2.09. The summed E-state index contributed by atoms with van der Waals surface area (Å²) in [7, 11) is 0. The van der Waals surface area contributed by atoms with Gasteiger partial charge < -0.3 is 4.42 Å². The van der Waals surface area contributed by atoms with Gasteiger partial charge in [0.1, 0.15) is 11.6 Å². The minimum absolute atomic E-state index is 0.0988. The number of aromatic nitrogens is 3. The van der Waals surface area contributed by atoms with Gasteiger partial charge in [-0.1, -0.05) is 27.7 Å². The number of nitrogens with zero attached hydrogens (tertiary/aromatic N) is 3. The van der Waals surface area contributed by atoms with Crippen LogP contribution >= 0.6 is 27.7 Å². The van der Waals surface area contributed by atoms with Crippen LogP contribution in [0.2, 0.25) is 0 Å². The molecule has 0 radical (unpaired) electrons. The van der Waals surface area contributed by atoms with Crippen LogP contribution in [-0.4, -0.2) is 32.3 Å². The highest BCUT2D eigenvalue weighted by Gasteiger charge is 2.30. The summed E-state index contributed by atoms with van der Waals surface area (Å²) in [5, 5.41) is 9.20. The van der Waals surface area contributed by atoms with Crippen molar-refractivity contribution in [2.75, 3.05) is 5.75 Å². The zero-order valence-electron chi connectivity index (χ0n) is 15.3. The van der Waals surface area contributed by atoms with Crippen molar-refractivity contribution in [2.24, 2.45) is 0 Å². The lowest BCUT2D eigenvalue weighted by atomic mass is 10.2. The summed E-state index contributed by atoms with van der Waals surface area (Å²) >= 11 is 4.59. The van der Waals surface area contributed by atoms with E-state index in [4.69, 9.17) is 4.42 Å². The number of carbonyl (C=O) groups is 2. The van der Waals surface area contributed by atoms with Crippen LogP contribution in [0, 0.1) is 0 Å². The molecule has 29 heavy (non-hydrogen) atoms. The lowest BCUT2D eigenvalue weighted by Crippen LogP contribution is -2.42. The van der Waals surface area contributed by atoms with Gasteiger partial charge in [-0.3, -0.25) is 25.0 Å². The van der Waals surface area contributed by atoms with Crippen molar-refractivity contribution in [2.45, 2.75) is 30.5 Å². The maximum Gasteiger partial charge on any atom is 0.269 e. The molecule has 1 aromatic carbocycles. The largest absolute Gasteiger partial charge is 0.467 e. The van der Waals surface area contributed by atoms with Gasteiger partial charge in [-0.25, -0.2) is 0 Å². The van der Waals surface area contributed by atoms with Crippen molar-refractivity contribution in [1.82, 2.24) is 25.6 Å². The van der Waals surface area contributed by atoms with Crippen molar-refractivity contribution in [1.29, 1.82) is 0 Å². The van der Waals surface area contributed by atoms with Crippen LogP contribution in [0.3, 0.4) is 0 Å². The molecule has 0 aliphatic heterocycles. The number of carbonyl (C=O) groups excluding carboxylic acids is 2. The van der Waals surface area contributed by atoms with Gasteiger partial charge in [-0.2, -0.15) is 0 Å². The second-order valence-electron chi connectivity index (χ2n) is 6.58. The fourth-order valence-corrected chi connectivity index (χ4v) is 3.73. The van der Waals surface area contributed by atoms with Crippen molar-refractivity contribution in [3.63, 3.8) is 0 Å². The number of amides is 2. The van der Waals surface area contributed by atoms with Gasteiger partial charge in [0.2, 0.25) is 5.91 Å². The minimum Gasteiger partial charge on any atom is -0.467 e. The molecule has 8 nitrogen and oxygen atoms in total. The Morgan fingerprint density at radius 3 is 2.66 bits per heavy atom. The number of nitrogens with one attached hydrogen (secondary N) is 2. The van der Waals surface area contributed by atoms with Crippen LogP contribution in [0.25, 0.3) is 0 Å². The highest BCUT2D eigenvalue weighted by Crippen LogP contribution is 2.40. The van der Waals surface area contributed by atoms with Gasteiger partial charge in [0.25, 0.3) is 5.91 Å². The molecule has 1 fully saturated rings. The highest BCUT2D eigenvalue weighted by molar-refractivity contribution is 9.10. The summed E-state index contributed by atoms with van der Waals surface area (Å²) in [6.45, 7) is 0.524. The lowest BCUT2D eigenvalue weighted by molar-refractivity contribution is -0.119. The Hall–Kier alpha value is -2.59. The smallest absolute Gasteiger partial charge is 0.269 e. The molecule has 0 saturated heterocycles. The molecule has 3 aromatic rings. The molecule has 4 rings (SSSR count). The Balaban J connectivity index is 1.33. The fraction of sp³-hybridized carbons (Fsp3) is 0.263. The number of hydrazine groups is 1. The predicted molar refractivity (Wildman–Crippen MR) is 110 cm³/mol. The maximum atomic E-state index is 12.2. The van der Waals surface area contributed by atoms with Gasteiger partial charge in [-0.15, -0.1) is 10.2 Å². The van der Waals surface area contributed by atoms with Crippen molar-refractivity contribution < 1.29 is 14.0 Å². The van der Waals surface area contributed by atoms with E-state index in [0.717, 1.165) is 28.9 Å². The van der Waals surface area contributed by atoms with E-state index in [1.165, 1.54) is 11.8 Å². The summed E-state index contributed by atoms with van der Waals surface area (Å²) in [4.78, 5) is 24.2. The molecule has 2 aromatic heterocycles. The zero-order chi connectivity index (χ0) is 20.2. The molecule has 1 aliphatic rings. The van der Waals surface area contributed by atoms with Gasteiger partial charge in [0.15, 0.2) is 5.16 Å². The van der Waals surface area contributed by atoms with Gasteiger partial charge in [0.05, 0.1) is 18.6 Å². The van der Waals surface area contributed by atoms with Gasteiger partial charge in [-0.05, 0) is 49.2 Å². The van der Waals surface area contributed by atoms with Gasteiger partial charge in [0, 0.05) is 16.0 Å². The number of benzene rings is 1. The van der Waals surface area contributed by atoms with Crippen molar-refractivity contribution in [3.8, 4) is 0 Å². The number of rotatable bonds is 7. The number of thioether (sulfide) groups is 1. The Morgan fingerprint density at radius 1 is 1.17 bits per heavy atom. The second-order valence-corrected chi connectivity index (χ2v) is 8.44. The van der Waals surface area contributed by atoms with Crippen LogP contribution < -0.4 is 10.9 Å². The second kappa shape index (κ2) is 8.83. The van der Waals surface area contributed by atoms with Crippen molar-refractivity contribution >= 4 is 39.5 Å². The van der Waals surface area contributed by atoms with Crippen LogP contribution in [0.4, 0.5) is 0 Å². The molecule has 2 N–H and O–H groups in total. The number of furan rings is 1. The molecular weight excluding hydrogens is 458 g/mol. The topological polar surface area (TPSA) is 102 Å². The van der Waals surface area contributed by atoms with E-state index in [1.807, 2.05) is 16.7 Å². The average molecular weight is 476 g/mol. The third-order valence-corrected chi connectivity index (χ3v) is 5.83. The van der Waals surface area contributed by atoms with Gasteiger partial charge >= 0.3 is 0 Å². The van der Waals surface area contributed by atoms with E-state index < -0.39 is 0 Å². The Kier molecular flexibility index (Phi) is 6.00. The summed E-state index contributed by atoms with van der Waals surface area (Å²) < 4.78 is 8.31. The molecule has 10 heteroatoms. The molecule has 2 amide bonds. The first-order chi connectivity index (χ1) is 14.1. The first-order valence-electron chi connectivity index (χ1n) is 9.03. The predicted octanol–water partition coefficient (Wildman–Crippen LogP) is 3.11. The van der Waals surface area contributed by atoms with E-state index in [2.05, 4.69) is 37.0 Å². The fourth-order valence-electron chi connectivity index (χ4n) is 2.72. The van der Waals surface area contributed by atoms with Crippen LogP contribution in [0.15, 0.2) is 56.7 Å². The quantitative estimate of drug-likeness (QED) is 0.402. The van der Waals surface area contributed by atoms with E-state index in [0.29, 0.717) is 23.2 Å². The zero-order valence-corrected chi connectivity index (χ0v) is 17.7. The summed E-state index contributed by atoms with van der Waals surface area (Å²) in [5.74, 6) is 1.54. The summed E-state index contributed by atoms with van der Waals surface area (Å²) in [5.41, 5.74) is 5.29. The Bertz CT molecular complexity index is 1000. The molecule has 0 unspecified atom stereocenters. The molecule has 1 aliphatic carbocycles. The minimum atomic E-state index is -0.382.